The lowest BCUT2D eigenvalue weighted by Gasteiger charge is -2.16. The molecule has 2 rings (SSSR count). The first-order valence-electron chi connectivity index (χ1n) is 6.07. The molecule has 1 aliphatic heterocycles. The van der Waals surface area contributed by atoms with Gasteiger partial charge in [-0.3, -0.25) is 9.59 Å². The van der Waals surface area contributed by atoms with E-state index in [1.807, 2.05) is 13.8 Å². The number of aromatic nitrogens is 2. The van der Waals surface area contributed by atoms with Crippen molar-refractivity contribution in [3.05, 3.63) is 22.7 Å². The molecule has 6 nitrogen and oxygen atoms in total. The summed E-state index contributed by atoms with van der Waals surface area (Å²) in [6, 6.07) is 0. The molecular formula is C12H17N3O3. The van der Waals surface area contributed by atoms with Gasteiger partial charge in [0.2, 0.25) is 0 Å². The Morgan fingerprint density at radius 1 is 1.56 bits per heavy atom. The van der Waals surface area contributed by atoms with E-state index in [-0.39, 0.29) is 11.5 Å². The van der Waals surface area contributed by atoms with E-state index in [9.17, 15) is 9.59 Å². The van der Waals surface area contributed by atoms with Crippen molar-refractivity contribution in [2.75, 3.05) is 18.0 Å². The quantitative estimate of drug-likeness (QED) is 0.842. The fourth-order valence-electron chi connectivity index (χ4n) is 2.36. The standard InChI is InChI=1S/C12H17N3O3/c1-3-14-5-4-13-10(11(14)16)15-6-8(2)9(7-15)12(17)18/h4-5,8-9H,3,6-7H2,1-2H3,(H,17,18). The first-order chi connectivity index (χ1) is 8.54. The third kappa shape index (κ3) is 2.10. The number of anilines is 1. The number of rotatable bonds is 3. The Bertz CT molecular complexity index is 512. The maximum Gasteiger partial charge on any atom is 0.308 e. The van der Waals surface area contributed by atoms with Gasteiger partial charge in [0.25, 0.3) is 5.56 Å². The molecule has 0 saturated carbocycles. The van der Waals surface area contributed by atoms with E-state index in [0.717, 1.165) is 0 Å². The lowest BCUT2D eigenvalue weighted by Crippen LogP contribution is -2.32. The average Bonchev–Trinajstić information content (AvgIpc) is 2.71. The van der Waals surface area contributed by atoms with Crippen molar-refractivity contribution < 1.29 is 9.90 Å². The van der Waals surface area contributed by atoms with E-state index in [0.29, 0.717) is 25.5 Å². The molecule has 0 radical (unpaired) electrons. The second kappa shape index (κ2) is 4.80. The Balaban J connectivity index is 2.29. The van der Waals surface area contributed by atoms with Crippen LogP contribution in [0.4, 0.5) is 5.82 Å². The minimum Gasteiger partial charge on any atom is -0.481 e. The van der Waals surface area contributed by atoms with Gasteiger partial charge in [0.05, 0.1) is 5.92 Å². The van der Waals surface area contributed by atoms with Crippen LogP contribution in [-0.2, 0) is 11.3 Å². The van der Waals surface area contributed by atoms with Crippen molar-refractivity contribution in [2.24, 2.45) is 11.8 Å². The zero-order valence-corrected chi connectivity index (χ0v) is 10.5. The van der Waals surface area contributed by atoms with Gasteiger partial charge in [-0.2, -0.15) is 0 Å². The topological polar surface area (TPSA) is 75.4 Å². The molecule has 1 aliphatic rings. The molecular weight excluding hydrogens is 234 g/mol. The van der Waals surface area contributed by atoms with E-state index in [1.54, 1.807) is 21.9 Å². The molecule has 2 unspecified atom stereocenters. The van der Waals surface area contributed by atoms with E-state index >= 15 is 0 Å². The molecule has 1 N–H and O–H groups in total. The molecule has 2 atom stereocenters. The number of aliphatic carboxylic acids is 1. The fraction of sp³-hybridized carbons (Fsp3) is 0.583. The Hall–Kier alpha value is -1.85. The summed E-state index contributed by atoms with van der Waals surface area (Å²) in [4.78, 5) is 29.0. The van der Waals surface area contributed by atoms with Crippen LogP contribution in [0.2, 0.25) is 0 Å². The van der Waals surface area contributed by atoms with Crippen LogP contribution in [0.5, 0.6) is 0 Å². The molecule has 2 heterocycles. The monoisotopic (exact) mass is 251 g/mol. The Morgan fingerprint density at radius 2 is 2.28 bits per heavy atom. The summed E-state index contributed by atoms with van der Waals surface area (Å²) in [5.41, 5.74) is -0.154. The molecule has 1 fully saturated rings. The van der Waals surface area contributed by atoms with Gasteiger partial charge >= 0.3 is 5.97 Å². The Kier molecular flexibility index (Phi) is 3.36. The van der Waals surface area contributed by atoms with Crippen molar-refractivity contribution in [3.63, 3.8) is 0 Å². The summed E-state index contributed by atoms with van der Waals surface area (Å²) < 4.78 is 1.57. The number of aryl methyl sites for hydroxylation is 1. The number of hydrogen-bond donors (Lipinski definition) is 1. The van der Waals surface area contributed by atoms with Crippen LogP contribution in [0.3, 0.4) is 0 Å². The van der Waals surface area contributed by atoms with Crippen LogP contribution < -0.4 is 10.5 Å². The third-order valence-corrected chi connectivity index (χ3v) is 3.47. The van der Waals surface area contributed by atoms with Gasteiger partial charge < -0.3 is 14.6 Å². The van der Waals surface area contributed by atoms with Gasteiger partial charge in [-0.25, -0.2) is 4.98 Å². The average molecular weight is 251 g/mol. The van der Waals surface area contributed by atoms with Crippen LogP contribution in [0.25, 0.3) is 0 Å². The van der Waals surface area contributed by atoms with Crippen LogP contribution in [-0.4, -0.2) is 33.7 Å². The highest BCUT2D eigenvalue weighted by atomic mass is 16.4. The highest BCUT2D eigenvalue weighted by Crippen LogP contribution is 2.25. The number of carbonyl (C=O) groups is 1. The smallest absolute Gasteiger partial charge is 0.308 e. The van der Waals surface area contributed by atoms with E-state index in [4.69, 9.17) is 5.11 Å². The van der Waals surface area contributed by atoms with Crippen molar-refractivity contribution >= 4 is 11.8 Å². The predicted octanol–water partition coefficient (Wildman–Crippen LogP) is 0.420. The highest BCUT2D eigenvalue weighted by Gasteiger charge is 2.36. The highest BCUT2D eigenvalue weighted by molar-refractivity contribution is 5.72. The second-order valence-electron chi connectivity index (χ2n) is 4.67. The third-order valence-electron chi connectivity index (χ3n) is 3.47. The first kappa shape index (κ1) is 12.6. The van der Waals surface area contributed by atoms with Crippen LogP contribution in [0.1, 0.15) is 13.8 Å². The molecule has 0 aliphatic carbocycles. The maximum absolute atomic E-state index is 12.1. The van der Waals surface area contributed by atoms with E-state index in [2.05, 4.69) is 4.98 Å². The normalized spacial score (nSPS) is 23.3. The van der Waals surface area contributed by atoms with Crippen molar-refractivity contribution in [1.29, 1.82) is 0 Å². The molecule has 18 heavy (non-hydrogen) atoms. The summed E-state index contributed by atoms with van der Waals surface area (Å²) >= 11 is 0. The number of nitrogens with zero attached hydrogens (tertiary/aromatic N) is 3. The number of carboxylic acids is 1. The zero-order chi connectivity index (χ0) is 13.3. The number of hydrogen-bond acceptors (Lipinski definition) is 4. The molecule has 6 heteroatoms. The van der Waals surface area contributed by atoms with Gasteiger partial charge in [0, 0.05) is 32.0 Å². The predicted molar refractivity (Wildman–Crippen MR) is 66.7 cm³/mol. The van der Waals surface area contributed by atoms with Crippen LogP contribution in [0.15, 0.2) is 17.2 Å². The van der Waals surface area contributed by atoms with Gasteiger partial charge in [-0.1, -0.05) is 6.92 Å². The SMILES string of the molecule is CCn1ccnc(N2CC(C)C(C(=O)O)C2)c1=O. The Morgan fingerprint density at radius 3 is 2.83 bits per heavy atom. The van der Waals surface area contributed by atoms with Gasteiger partial charge in [-0.05, 0) is 12.8 Å². The van der Waals surface area contributed by atoms with Gasteiger partial charge in [0.15, 0.2) is 5.82 Å². The van der Waals surface area contributed by atoms with Crippen LogP contribution in [0, 0.1) is 11.8 Å². The molecule has 0 spiro atoms. The maximum atomic E-state index is 12.1. The molecule has 98 valence electrons. The summed E-state index contributed by atoms with van der Waals surface area (Å²) in [5, 5.41) is 9.09. The van der Waals surface area contributed by atoms with E-state index < -0.39 is 11.9 Å². The lowest BCUT2D eigenvalue weighted by molar-refractivity contribution is -0.142. The molecule has 0 aromatic carbocycles. The molecule has 0 bridgehead atoms. The van der Waals surface area contributed by atoms with Crippen molar-refractivity contribution in [3.8, 4) is 0 Å². The summed E-state index contributed by atoms with van der Waals surface area (Å²) in [6.07, 6.45) is 3.22. The van der Waals surface area contributed by atoms with Crippen molar-refractivity contribution in [2.45, 2.75) is 20.4 Å². The largest absolute Gasteiger partial charge is 0.481 e. The first-order valence-corrected chi connectivity index (χ1v) is 6.07. The van der Waals surface area contributed by atoms with Gasteiger partial charge in [0.1, 0.15) is 0 Å². The summed E-state index contributed by atoms with van der Waals surface area (Å²) in [5.74, 6) is -0.854. The number of carboxylic acid groups (broad SMARTS) is 1. The minimum atomic E-state index is -0.809. The Labute approximate surface area is 105 Å². The minimum absolute atomic E-state index is 0.0268. The van der Waals surface area contributed by atoms with Crippen molar-refractivity contribution in [1.82, 2.24) is 9.55 Å². The lowest BCUT2D eigenvalue weighted by atomic mass is 9.99. The molecule has 0 amide bonds. The molecule has 1 aromatic heterocycles. The van der Waals surface area contributed by atoms with E-state index in [1.165, 1.54) is 0 Å². The van der Waals surface area contributed by atoms with Gasteiger partial charge in [-0.15, -0.1) is 0 Å². The zero-order valence-electron chi connectivity index (χ0n) is 10.5. The second-order valence-corrected chi connectivity index (χ2v) is 4.67. The molecule has 1 aromatic rings. The van der Waals surface area contributed by atoms with Crippen LogP contribution >= 0.6 is 0 Å². The fourth-order valence-corrected chi connectivity index (χ4v) is 2.36. The molecule has 1 saturated heterocycles. The summed E-state index contributed by atoms with van der Waals surface area (Å²) in [6.45, 7) is 5.28. The summed E-state index contributed by atoms with van der Waals surface area (Å²) in [7, 11) is 0.